The van der Waals surface area contributed by atoms with E-state index in [4.69, 9.17) is 5.11 Å². The highest BCUT2D eigenvalue weighted by Gasteiger charge is 2.40. The summed E-state index contributed by atoms with van der Waals surface area (Å²) in [7, 11) is 0. The molecule has 2 aliphatic rings. The summed E-state index contributed by atoms with van der Waals surface area (Å²) in [4.78, 5) is 32.7. The van der Waals surface area contributed by atoms with E-state index in [9.17, 15) is 19.5 Å². The number of aliphatic hydroxyl groups is 1. The first-order valence-corrected chi connectivity index (χ1v) is 4.20. The van der Waals surface area contributed by atoms with Gasteiger partial charge in [0.2, 0.25) is 11.6 Å². The fourth-order valence-electron chi connectivity index (χ4n) is 1.57. The highest BCUT2D eigenvalue weighted by atomic mass is 16.4. The van der Waals surface area contributed by atoms with E-state index in [-0.39, 0.29) is 11.3 Å². The second-order valence-electron chi connectivity index (χ2n) is 3.29. The number of fused-ring (bicyclic) bond motifs is 1. The fourth-order valence-corrected chi connectivity index (χ4v) is 1.57. The Bertz CT molecular complexity index is 434. The summed E-state index contributed by atoms with van der Waals surface area (Å²) in [6.45, 7) is 0. The zero-order chi connectivity index (χ0) is 11.2. The number of aliphatic hydroxyl groups excluding tert-OH is 1. The van der Waals surface area contributed by atoms with E-state index in [2.05, 4.69) is 5.32 Å². The number of aliphatic carboxylic acids is 1. The van der Waals surface area contributed by atoms with Crippen molar-refractivity contribution < 1.29 is 24.6 Å². The smallest absolute Gasteiger partial charge is 0.329 e. The number of carbonyl (C=O) groups is 3. The van der Waals surface area contributed by atoms with Gasteiger partial charge in [-0.3, -0.25) is 9.59 Å². The average Bonchev–Trinajstić information content (AvgIpc) is 2.46. The van der Waals surface area contributed by atoms with Crippen LogP contribution in [0.15, 0.2) is 23.4 Å². The van der Waals surface area contributed by atoms with Crippen LogP contribution in [0.3, 0.4) is 0 Å². The van der Waals surface area contributed by atoms with Crippen LogP contribution in [0.4, 0.5) is 0 Å². The van der Waals surface area contributed by atoms with Gasteiger partial charge in [-0.15, -0.1) is 0 Å². The van der Waals surface area contributed by atoms with E-state index in [1.54, 1.807) is 0 Å². The number of ketones is 2. The highest BCUT2D eigenvalue weighted by Crippen LogP contribution is 2.26. The van der Waals surface area contributed by atoms with Crippen LogP contribution in [-0.2, 0) is 14.4 Å². The van der Waals surface area contributed by atoms with E-state index in [1.165, 1.54) is 0 Å². The van der Waals surface area contributed by atoms with E-state index in [0.29, 0.717) is 0 Å². The number of carboxylic acid groups (broad SMARTS) is 1. The van der Waals surface area contributed by atoms with Crippen molar-refractivity contribution in [2.75, 3.05) is 0 Å². The summed E-state index contributed by atoms with van der Waals surface area (Å²) in [6, 6.07) is -1.21. The van der Waals surface area contributed by atoms with Crippen molar-refractivity contribution in [1.82, 2.24) is 5.32 Å². The zero-order valence-electron chi connectivity index (χ0n) is 7.43. The van der Waals surface area contributed by atoms with E-state index in [0.717, 1.165) is 12.2 Å². The number of hydrogen-bond acceptors (Lipinski definition) is 5. The first kappa shape index (κ1) is 9.60. The molecule has 0 saturated carbocycles. The lowest BCUT2D eigenvalue weighted by Gasteiger charge is -2.08. The second-order valence-corrected chi connectivity index (χ2v) is 3.29. The van der Waals surface area contributed by atoms with Gasteiger partial charge in [0.25, 0.3) is 0 Å². The lowest BCUT2D eigenvalue weighted by molar-refractivity contribution is -0.140. The van der Waals surface area contributed by atoms with Gasteiger partial charge in [-0.2, -0.15) is 0 Å². The molecule has 6 heteroatoms. The molecule has 1 aliphatic carbocycles. The third-order valence-electron chi connectivity index (χ3n) is 2.33. The Morgan fingerprint density at radius 1 is 1.27 bits per heavy atom. The molecule has 0 amide bonds. The molecule has 0 radical (unpaired) electrons. The van der Waals surface area contributed by atoms with Crippen LogP contribution in [0.2, 0.25) is 0 Å². The molecule has 3 N–H and O–H groups in total. The topological polar surface area (TPSA) is 104 Å². The van der Waals surface area contributed by atoms with Crippen molar-refractivity contribution in [2.45, 2.75) is 12.1 Å². The van der Waals surface area contributed by atoms with Crippen molar-refractivity contribution >= 4 is 17.5 Å². The molecular formula is C9H7NO5. The van der Waals surface area contributed by atoms with Crippen LogP contribution >= 0.6 is 0 Å². The molecular weight excluding hydrogens is 202 g/mol. The predicted molar refractivity (Wildman–Crippen MR) is 46.7 cm³/mol. The Balaban J connectivity index is 2.41. The van der Waals surface area contributed by atoms with Crippen LogP contribution in [0.1, 0.15) is 0 Å². The Morgan fingerprint density at radius 3 is 2.47 bits per heavy atom. The average molecular weight is 209 g/mol. The number of nitrogens with one attached hydrogen (secondary N) is 1. The molecule has 1 fully saturated rings. The van der Waals surface area contributed by atoms with Gasteiger partial charge in [0.1, 0.15) is 6.10 Å². The van der Waals surface area contributed by atoms with E-state index < -0.39 is 29.7 Å². The summed E-state index contributed by atoms with van der Waals surface area (Å²) in [5, 5.41) is 20.7. The molecule has 2 unspecified atom stereocenters. The van der Waals surface area contributed by atoms with E-state index in [1.807, 2.05) is 0 Å². The molecule has 2 rings (SSSR count). The van der Waals surface area contributed by atoms with Crippen molar-refractivity contribution in [3.63, 3.8) is 0 Å². The Labute approximate surface area is 83.9 Å². The van der Waals surface area contributed by atoms with Crippen molar-refractivity contribution in [2.24, 2.45) is 0 Å². The van der Waals surface area contributed by atoms with Gasteiger partial charge in [-0.1, -0.05) is 0 Å². The standard InChI is InChI=1S/C9H7NO5/c11-5-1-3-4(2-6(5)12)10-7(8(3)13)9(14)15/h1-2,7-8,10,13H,(H,14,15). The maximum absolute atomic E-state index is 11.0. The Kier molecular flexibility index (Phi) is 1.94. The normalized spacial score (nSPS) is 29.1. The van der Waals surface area contributed by atoms with Crippen LogP contribution in [0.25, 0.3) is 0 Å². The van der Waals surface area contributed by atoms with Crippen molar-refractivity contribution in [3.05, 3.63) is 23.4 Å². The van der Waals surface area contributed by atoms with Crippen LogP contribution in [0.5, 0.6) is 0 Å². The minimum Gasteiger partial charge on any atom is -0.480 e. The SMILES string of the molecule is O=C1C=C2NC(C(=O)O)C(O)C2=CC1=O. The largest absolute Gasteiger partial charge is 0.480 e. The highest BCUT2D eigenvalue weighted by molar-refractivity contribution is 6.46. The maximum atomic E-state index is 11.0. The van der Waals surface area contributed by atoms with Crippen molar-refractivity contribution in [3.8, 4) is 0 Å². The fraction of sp³-hybridized carbons (Fsp3) is 0.222. The summed E-state index contributed by atoms with van der Waals surface area (Å²) < 4.78 is 0. The van der Waals surface area contributed by atoms with Gasteiger partial charge in [0.05, 0.1) is 0 Å². The van der Waals surface area contributed by atoms with E-state index >= 15 is 0 Å². The number of carbonyl (C=O) groups excluding carboxylic acids is 2. The quantitative estimate of drug-likeness (QED) is 0.353. The summed E-state index contributed by atoms with van der Waals surface area (Å²) >= 11 is 0. The third-order valence-corrected chi connectivity index (χ3v) is 2.33. The van der Waals surface area contributed by atoms with Gasteiger partial charge in [0.15, 0.2) is 6.04 Å². The Hall–Kier alpha value is -1.95. The van der Waals surface area contributed by atoms with Gasteiger partial charge < -0.3 is 15.5 Å². The zero-order valence-corrected chi connectivity index (χ0v) is 7.43. The molecule has 15 heavy (non-hydrogen) atoms. The molecule has 78 valence electrons. The monoisotopic (exact) mass is 209 g/mol. The molecule has 1 saturated heterocycles. The van der Waals surface area contributed by atoms with Crippen LogP contribution < -0.4 is 5.32 Å². The first-order chi connectivity index (χ1) is 7.00. The number of carboxylic acids is 1. The molecule has 0 aromatic carbocycles. The molecule has 0 spiro atoms. The minimum atomic E-state index is -1.30. The van der Waals surface area contributed by atoms with Gasteiger partial charge in [-0.05, 0) is 6.08 Å². The molecule has 6 nitrogen and oxygen atoms in total. The number of rotatable bonds is 1. The van der Waals surface area contributed by atoms with Gasteiger partial charge in [-0.25, -0.2) is 4.79 Å². The maximum Gasteiger partial charge on any atom is 0.329 e. The van der Waals surface area contributed by atoms with Gasteiger partial charge in [0, 0.05) is 17.3 Å². The lowest BCUT2D eigenvalue weighted by atomic mass is 9.99. The van der Waals surface area contributed by atoms with Crippen molar-refractivity contribution in [1.29, 1.82) is 0 Å². The lowest BCUT2D eigenvalue weighted by Crippen LogP contribution is -2.37. The Morgan fingerprint density at radius 2 is 1.87 bits per heavy atom. The number of hydrogen-bond donors (Lipinski definition) is 3. The molecule has 1 aliphatic heterocycles. The van der Waals surface area contributed by atoms with Crippen LogP contribution in [-0.4, -0.2) is 39.9 Å². The minimum absolute atomic E-state index is 0.159. The van der Waals surface area contributed by atoms with Gasteiger partial charge >= 0.3 is 5.97 Å². The summed E-state index contributed by atoms with van der Waals surface area (Å²) in [6.07, 6.45) is 0.674. The summed E-state index contributed by atoms with van der Waals surface area (Å²) in [5.74, 6) is -2.71. The molecule has 0 bridgehead atoms. The molecule has 1 heterocycles. The molecule has 0 aromatic heterocycles. The number of allylic oxidation sites excluding steroid dienone is 2. The van der Waals surface area contributed by atoms with Crippen LogP contribution in [0, 0.1) is 0 Å². The molecule has 0 aromatic rings. The second kappa shape index (κ2) is 3.03. The molecule has 2 atom stereocenters. The predicted octanol–water partition coefficient (Wildman–Crippen LogP) is -1.63. The summed E-state index contributed by atoms with van der Waals surface area (Å²) in [5.41, 5.74) is 0.367. The third kappa shape index (κ3) is 1.35. The first-order valence-electron chi connectivity index (χ1n) is 4.20.